The first-order valence-electron chi connectivity index (χ1n) is 13.5. The number of halogens is 4. The average Bonchev–Trinajstić information content (AvgIpc) is 2.98. The number of rotatable bonds is 6. The summed E-state index contributed by atoms with van der Waals surface area (Å²) >= 11 is 0. The number of nitrogens with one attached hydrogen (secondary N) is 3. The molecule has 0 saturated heterocycles. The number of aromatic amines is 1. The van der Waals surface area contributed by atoms with Crippen LogP contribution in [0.15, 0.2) is 89.9 Å². The molecular formula is C32H25F4N5O2. The molecule has 0 fully saturated rings. The summed E-state index contributed by atoms with van der Waals surface area (Å²) in [5.41, 5.74) is 3.09. The Hall–Kier alpha value is -5.03. The Labute approximate surface area is 243 Å². The fourth-order valence-electron chi connectivity index (χ4n) is 5.31. The van der Waals surface area contributed by atoms with Crippen molar-refractivity contribution in [3.05, 3.63) is 129 Å². The van der Waals surface area contributed by atoms with E-state index in [1.54, 1.807) is 30.5 Å². The maximum absolute atomic E-state index is 13.6. The Kier molecular flexibility index (Phi) is 7.41. The van der Waals surface area contributed by atoms with Crippen molar-refractivity contribution < 1.29 is 22.4 Å². The van der Waals surface area contributed by atoms with Crippen LogP contribution in [0.5, 0.6) is 0 Å². The highest BCUT2D eigenvalue weighted by Crippen LogP contribution is 2.33. The van der Waals surface area contributed by atoms with E-state index in [0.717, 1.165) is 35.8 Å². The minimum absolute atomic E-state index is 0.159. The number of fused-ring (bicyclic) bond motifs is 3. The Bertz CT molecular complexity index is 1870. The van der Waals surface area contributed by atoms with Gasteiger partial charge in [0.2, 0.25) is 0 Å². The summed E-state index contributed by atoms with van der Waals surface area (Å²) in [7, 11) is 0. The van der Waals surface area contributed by atoms with Gasteiger partial charge in [-0.15, -0.1) is 0 Å². The quantitative estimate of drug-likeness (QED) is 0.194. The normalized spacial score (nSPS) is 13.5. The first kappa shape index (κ1) is 28.1. The topological polar surface area (TPSA) is 90.1 Å². The zero-order valence-electron chi connectivity index (χ0n) is 22.6. The van der Waals surface area contributed by atoms with Crippen LogP contribution in [0.25, 0.3) is 11.0 Å². The van der Waals surface area contributed by atoms with E-state index in [1.165, 1.54) is 5.56 Å². The first-order chi connectivity index (χ1) is 20.7. The van der Waals surface area contributed by atoms with Crippen molar-refractivity contribution in [2.75, 3.05) is 17.2 Å². The van der Waals surface area contributed by atoms with Gasteiger partial charge in [0.25, 0.3) is 11.5 Å². The zero-order chi connectivity index (χ0) is 30.1. The van der Waals surface area contributed by atoms with Gasteiger partial charge in [-0.25, -0.2) is 9.37 Å². The molecule has 0 saturated carbocycles. The molecule has 1 aliphatic rings. The van der Waals surface area contributed by atoms with Crippen LogP contribution >= 0.6 is 0 Å². The van der Waals surface area contributed by atoms with Gasteiger partial charge in [0.1, 0.15) is 11.5 Å². The maximum Gasteiger partial charge on any atom is 0.419 e. The molecule has 3 aromatic carbocycles. The zero-order valence-corrected chi connectivity index (χ0v) is 22.6. The summed E-state index contributed by atoms with van der Waals surface area (Å²) < 4.78 is 52.8. The van der Waals surface area contributed by atoms with Crippen LogP contribution in [-0.2, 0) is 25.7 Å². The number of alkyl halides is 3. The molecule has 2 aromatic heterocycles. The molecule has 0 bridgehead atoms. The van der Waals surface area contributed by atoms with Gasteiger partial charge in [0.15, 0.2) is 0 Å². The summed E-state index contributed by atoms with van der Waals surface area (Å²) in [6.45, 7) is 2.03. The Morgan fingerprint density at radius 3 is 2.44 bits per heavy atom. The molecule has 0 atom stereocenters. The van der Waals surface area contributed by atoms with Gasteiger partial charge < -0.3 is 15.6 Å². The molecule has 7 nitrogen and oxygen atoms in total. The fraction of sp³-hybridized carbons (Fsp3) is 0.156. The highest BCUT2D eigenvalue weighted by Gasteiger charge is 2.34. The van der Waals surface area contributed by atoms with Gasteiger partial charge in [-0.2, -0.15) is 13.2 Å². The lowest BCUT2D eigenvalue weighted by molar-refractivity contribution is -0.140. The summed E-state index contributed by atoms with van der Waals surface area (Å²) in [6, 6.07) is 20.6. The third-order valence-electron chi connectivity index (χ3n) is 7.39. The number of pyridine rings is 2. The lowest BCUT2D eigenvalue weighted by Crippen LogP contribution is -2.34. The fourth-order valence-corrected chi connectivity index (χ4v) is 5.31. The van der Waals surface area contributed by atoms with Crippen LogP contribution in [0.1, 0.15) is 32.6 Å². The second kappa shape index (κ2) is 11.3. The number of hydrogen-bond acceptors (Lipinski definition) is 5. The molecule has 1 amide bonds. The van der Waals surface area contributed by atoms with E-state index in [9.17, 15) is 27.2 Å². The number of amides is 1. The van der Waals surface area contributed by atoms with Crippen molar-refractivity contribution in [2.45, 2.75) is 25.7 Å². The van der Waals surface area contributed by atoms with Crippen molar-refractivity contribution in [3.8, 4) is 0 Å². The van der Waals surface area contributed by atoms with Crippen molar-refractivity contribution in [3.63, 3.8) is 0 Å². The number of H-pyrrole nitrogens is 1. The standard InChI is InChI=1S/C32H25F4N5O2/c33-26-11-6-20(16-25(26)32(34,35)36)30(42)39-22-9-7-21(8-10-22)38-27-12-14-37-29-28(27)23-13-15-41(18-24(23)31(43)40-29)17-19-4-2-1-3-5-19/h1-12,14,16H,13,15,17-18H2,(H,39,42)(H2,37,38,40,43). The van der Waals surface area contributed by atoms with Gasteiger partial charge in [-0.05, 0) is 66.1 Å². The molecule has 1 aliphatic heterocycles. The highest BCUT2D eigenvalue weighted by atomic mass is 19.4. The van der Waals surface area contributed by atoms with Gasteiger partial charge in [0.05, 0.1) is 11.3 Å². The Morgan fingerprint density at radius 2 is 1.70 bits per heavy atom. The summed E-state index contributed by atoms with van der Waals surface area (Å²) in [5, 5.41) is 6.71. The molecule has 43 heavy (non-hydrogen) atoms. The van der Waals surface area contributed by atoms with Gasteiger partial charge in [-0.3, -0.25) is 14.5 Å². The van der Waals surface area contributed by atoms with Gasteiger partial charge >= 0.3 is 6.18 Å². The van der Waals surface area contributed by atoms with E-state index in [2.05, 4.69) is 37.6 Å². The number of anilines is 3. The summed E-state index contributed by atoms with van der Waals surface area (Å²) in [6.07, 6.45) is -2.64. The maximum atomic E-state index is 13.6. The molecule has 0 spiro atoms. The third kappa shape index (κ3) is 5.98. The SMILES string of the molecule is O=C(Nc1ccc(Nc2ccnc3[nH]c(=O)c4c(c23)CCN(Cc2ccccc2)C4)cc1)c1ccc(F)c(C(F)(F)F)c1. The smallest absolute Gasteiger partial charge is 0.355 e. The molecule has 0 radical (unpaired) electrons. The number of carbonyl (C=O) groups is 1. The average molecular weight is 588 g/mol. The number of aromatic nitrogens is 2. The molecule has 0 unspecified atom stereocenters. The molecule has 5 aromatic rings. The number of benzene rings is 3. The van der Waals surface area contributed by atoms with Crippen LogP contribution in [-0.4, -0.2) is 27.3 Å². The highest BCUT2D eigenvalue weighted by molar-refractivity contribution is 6.04. The summed E-state index contributed by atoms with van der Waals surface area (Å²) in [4.78, 5) is 35.1. The predicted molar refractivity (Wildman–Crippen MR) is 156 cm³/mol. The van der Waals surface area contributed by atoms with E-state index in [4.69, 9.17) is 0 Å². The Balaban J connectivity index is 1.21. The summed E-state index contributed by atoms with van der Waals surface area (Å²) in [5.74, 6) is -2.25. The molecule has 218 valence electrons. The van der Waals surface area contributed by atoms with Crippen molar-refractivity contribution in [1.82, 2.24) is 14.9 Å². The van der Waals surface area contributed by atoms with E-state index in [1.807, 2.05) is 24.3 Å². The van der Waals surface area contributed by atoms with E-state index in [-0.39, 0.29) is 11.1 Å². The molecule has 3 N–H and O–H groups in total. The molecule has 6 rings (SSSR count). The number of hydrogen-bond donors (Lipinski definition) is 3. The van der Waals surface area contributed by atoms with Crippen molar-refractivity contribution >= 4 is 34.0 Å². The second-order valence-electron chi connectivity index (χ2n) is 10.3. The minimum atomic E-state index is -4.92. The second-order valence-corrected chi connectivity index (χ2v) is 10.3. The van der Waals surface area contributed by atoms with Gasteiger partial charge in [0, 0.05) is 53.7 Å². The van der Waals surface area contributed by atoms with E-state index in [0.29, 0.717) is 47.7 Å². The van der Waals surface area contributed by atoms with Gasteiger partial charge in [-0.1, -0.05) is 30.3 Å². The van der Waals surface area contributed by atoms with E-state index >= 15 is 0 Å². The molecular weight excluding hydrogens is 562 g/mol. The lowest BCUT2D eigenvalue weighted by atomic mass is 9.96. The van der Waals surface area contributed by atoms with Crippen LogP contribution in [0.2, 0.25) is 0 Å². The van der Waals surface area contributed by atoms with Crippen LogP contribution in [0.4, 0.5) is 34.6 Å². The third-order valence-corrected chi connectivity index (χ3v) is 7.39. The van der Waals surface area contributed by atoms with Crippen LogP contribution < -0.4 is 16.2 Å². The van der Waals surface area contributed by atoms with Crippen LogP contribution in [0.3, 0.4) is 0 Å². The van der Waals surface area contributed by atoms with E-state index < -0.39 is 23.5 Å². The molecule has 0 aliphatic carbocycles. The predicted octanol–water partition coefficient (Wildman–Crippen LogP) is 6.64. The molecule has 3 heterocycles. The first-order valence-corrected chi connectivity index (χ1v) is 13.5. The number of nitrogens with zero attached hydrogens (tertiary/aromatic N) is 2. The number of carbonyl (C=O) groups excluding carboxylic acids is 1. The largest absolute Gasteiger partial charge is 0.419 e. The van der Waals surface area contributed by atoms with Crippen LogP contribution in [0, 0.1) is 5.82 Å². The Morgan fingerprint density at radius 1 is 0.953 bits per heavy atom. The van der Waals surface area contributed by atoms with Crippen molar-refractivity contribution in [1.29, 1.82) is 0 Å². The lowest BCUT2D eigenvalue weighted by Gasteiger charge is -2.29. The minimum Gasteiger partial charge on any atom is -0.355 e. The monoisotopic (exact) mass is 587 g/mol. The molecule has 11 heteroatoms. The van der Waals surface area contributed by atoms with Crippen molar-refractivity contribution in [2.24, 2.45) is 0 Å².